The summed E-state index contributed by atoms with van der Waals surface area (Å²) >= 11 is 0. The summed E-state index contributed by atoms with van der Waals surface area (Å²) in [5.41, 5.74) is 3.27. The molecule has 2 saturated carbocycles. The molecular formula is C15H25O. The van der Waals surface area contributed by atoms with E-state index in [0.717, 1.165) is 24.7 Å². The van der Waals surface area contributed by atoms with Gasteiger partial charge < -0.3 is 5.11 Å². The minimum Gasteiger partial charge on any atom is -0.393 e. The van der Waals surface area contributed by atoms with Crippen LogP contribution < -0.4 is 0 Å². The third kappa shape index (κ3) is 2.68. The van der Waals surface area contributed by atoms with Gasteiger partial charge in [-0.25, -0.2) is 0 Å². The van der Waals surface area contributed by atoms with Crippen molar-refractivity contribution in [3.05, 3.63) is 17.6 Å². The average molecular weight is 221 g/mol. The fraction of sp³-hybridized carbons (Fsp3) is 0.800. The summed E-state index contributed by atoms with van der Waals surface area (Å²) in [6.07, 6.45) is 10.8. The molecule has 16 heavy (non-hydrogen) atoms. The summed E-state index contributed by atoms with van der Waals surface area (Å²) in [5, 5.41) is 9.58. The predicted octanol–water partition coefficient (Wildman–Crippen LogP) is 3.88. The zero-order valence-electron chi connectivity index (χ0n) is 10.7. The third-order valence-electron chi connectivity index (χ3n) is 4.44. The van der Waals surface area contributed by atoms with Crippen LogP contribution in [0.1, 0.15) is 58.8 Å². The average Bonchev–Trinajstić information content (AvgIpc) is 2.30. The molecule has 1 nitrogen and oxygen atoms in total. The summed E-state index contributed by atoms with van der Waals surface area (Å²) in [5.74, 6) is 1.64. The van der Waals surface area contributed by atoms with Crippen LogP contribution in [0.3, 0.4) is 0 Å². The first-order chi connectivity index (χ1) is 7.68. The minimum atomic E-state index is -0.0148. The Kier molecular flexibility index (Phi) is 4.07. The quantitative estimate of drug-likeness (QED) is 0.666. The molecule has 1 heteroatoms. The van der Waals surface area contributed by atoms with Gasteiger partial charge in [0.1, 0.15) is 0 Å². The Hall–Kier alpha value is -0.300. The lowest BCUT2D eigenvalue weighted by molar-refractivity contribution is 0.0940. The molecule has 2 aliphatic carbocycles. The van der Waals surface area contributed by atoms with E-state index in [9.17, 15) is 5.11 Å². The molecule has 1 N–H and O–H groups in total. The van der Waals surface area contributed by atoms with Crippen LogP contribution in [0.2, 0.25) is 0 Å². The normalized spacial score (nSPS) is 36.2. The number of hydrogen-bond donors (Lipinski definition) is 1. The van der Waals surface area contributed by atoms with Crippen LogP contribution in [-0.2, 0) is 0 Å². The van der Waals surface area contributed by atoms with Crippen molar-refractivity contribution in [2.45, 2.75) is 64.9 Å². The first-order valence-corrected chi connectivity index (χ1v) is 6.84. The van der Waals surface area contributed by atoms with Crippen LogP contribution in [-0.4, -0.2) is 11.2 Å². The molecular weight excluding hydrogens is 196 g/mol. The molecule has 2 aliphatic rings. The van der Waals surface area contributed by atoms with Gasteiger partial charge in [0.25, 0.3) is 0 Å². The van der Waals surface area contributed by atoms with Crippen LogP contribution in [0.4, 0.5) is 0 Å². The Morgan fingerprint density at radius 3 is 2.50 bits per heavy atom. The first-order valence-electron chi connectivity index (χ1n) is 6.84. The molecule has 1 unspecified atom stereocenters. The summed E-state index contributed by atoms with van der Waals surface area (Å²) in [7, 11) is 0. The Balaban J connectivity index is 2.03. The van der Waals surface area contributed by atoms with Crippen molar-refractivity contribution in [3.8, 4) is 0 Å². The molecule has 0 aliphatic heterocycles. The molecule has 0 aromatic rings. The molecule has 1 atom stereocenters. The van der Waals surface area contributed by atoms with Crippen molar-refractivity contribution in [2.75, 3.05) is 0 Å². The number of aliphatic hydroxyl groups excluding tert-OH is 1. The Morgan fingerprint density at radius 2 is 1.88 bits per heavy atom. The maximum absolute atomic E-state index is 9.58. The van der Waals surface area contributed by atoms with Crippen molar-refractivity contribution in [3.63, 3.8) is 0 Å². The second-order valence-corrected chi connectivity index (χ2v) is 5.76. The van der Waals surface area contributed by atoms with Crippen LogP contribution >= 0.6 is 0 Å². The molecule has 2 rings (SSSR count). The molecule has 1 radical (unpaired) electrons. The molecule has 0 heterocycles. The van der Waals surface area contributed by atoms with E-state index in [1.807, 2.05) is 0 Å². The van der Waals surface area contributed by atoms with E-state index in [1.54, 1.807) is 11.1 Å². The zero-order chi connectivity index (χ0) is 11.5. The molecule has 0 spiro atoms. The van der Waals surface area contributed by atoms with Gasteiger partial charge in [0.15, 0.2) is 0 Å². The highest BCUT2D eigenvalue weighted by molar-refractivity contribution is 5.18. The number of rotatable bonds is 1. The first kappa shape index (κ1) is 12.2. The molecule has 0 aromatic heterocycles. The van der Waals surface area contributed by atoms with Gasteiger partial charge in [-0.05, 0) is 77.0 Å². The van der Waals surface area contributed by atoms with Crippen molar-refractivity contribution < 1.29 is 5.11 Å². The van der Waals surface area contributed by atoms with E-state index in [2.05, 4.69) is 20.3 Å². The van der Waals surface area contributed by atoms with E-state index in [1.165, 1.54) is 32.1 Å². The SMILES string of the molecule is CC(C)=C1CC[CH]CC1C1CCC(O)CC1. The van der Waals surface area contributed by atoms with Crippen LogP contribution in [0.25, 0.3) is 0 Å². The molecule has 0 amide bonds. The van der Waals surface area contributed by atoms with Gasteiger partial charge in [0.2, 0.25) is 0 Å². The lowest BCUT2D eigenvalue weighted by Crippen LogP contribution is -2.27. The molecule has 91 valence electrons. The maximum Gasteiger partial charge on any atom is 0.0540 e. The van der Waals surface area contributed by atoms with Gasteiger partial charge in [-0.2, -0.15) is 0 Å². The van der Waals surface area contributed by atoms with Crippen molar-refractivity contribution in [1.29, 1.82) is 0 Å². The monoisotopic (exact) mass is 221 g/mol. The Bertz CT molecular complexity index is 255. The van der Waals surface area contributed by atoms with E-state index in [0.29, 0.717) is 0 Å². The zero-order valence-corrected chi connectivity index (χ0v) is 10.7. The summed E-state index contributed by atoms with van der Waals surface area (Å²) < 4.78 is 0. The minimum absolute atomic E-state index is 0.0148. The predicted molar refractivity (Wildman–Crippen MR) is 68.0 cm³/mol. The van der Waals surface area contributed by atoms with E-state index < -0.39 is 0 Å². The smallest absolute Gasteiger partial charge is 0.0540 e. The lowest BCUT2D eigenvalue weighted by Gasteiger charge is -2.37. The topological polar surface area (TPSA) is 20.2 Å². The van der Waals surface area contributed by atoms with Crippen LogP contribution in [0, 0.1) is 18.3 Å². The Labute approximate surface area is 99.9 Å². The van der Waals surface area contributed by atoms with Crippen LogP contribution in [0.5, 0.6) is 0 Å². The molecule has 0 saturated heterocycles. The van der Waals surface area contributed by atoms with Gasteiger partial charge in [-0.1, -0.05) is 11.1 Å². The summed E-state index contributed by atoms with van der Waals surface area (Å²) in [6, 6.07) is 0. The van der Waals surface area contributed by atoms with Crippen molar-refractivity contribution in [1.82, 2.24) is 0 Å². The van der Waals surface area contributed by atoms with E-state index in [4.69, 9.17) is 0 Å². The fourth-order valence-electron chi connectivity index (χ4n) is 3.48. The summed E-state index contributed by atoms with van der Waals surface area (Å²) in [6.45, 7) is 4.54. The molecule has 2 fully saturated rings. The van der Waals surface area contributed by atoms with Gasteiger partial charge >= 0.3 is 0 Å². The van der Waals surface area contributed by atoms with E-state index >= 15 is 0 Å². The number of hydrogen-bond acceptors (Lipinski definition) is 1. The van der Waals surface area contributed by atoms with Gasteiger partial charge in [0.05, 0.1) is 6.10 Å². The lowest BCUT2D eigenvalue weighted by atomic mass is 9.69. The fourth-order valence-corrected chi connectivity index (χ4v) is 3.48. The third-order valence-corrected chi connectivity index (χ3v) is 4.44. The van der Waals surface area contributed by atoms with E-state index in [-0.39, 0.29) is 6.10 Å². The highest BCUT2D eigenvalue weighted by atomic mass is 16.3. The second kappa shape index (κ2) is 5.35. The van der Waals surface area contributed by atoms with Gasteiger partial charge in [-0.15, -0.1) is 0 Å². The Morgan fingerprint density at radius 1 is 1.19 bits per heavy atom. The van der Waals surface area contributed by atoms with Crippen molar-refractivity contribution in [2.24, 2.45) is 11.8 Å². The van der Waals surface area contributed by atoms with Gasteiger partial charge in [0, 0.05) is 0 Å². The standard InChI is InChI=1S/C15H25O/c1-11(2)14-5-3-4-6-15(14)12-7-9-13(16)10-8-12/h4,12-13,15-16H,3,5-10H2,1-2H3. The largest absolute Gasteiger partial charge is 0.393 e. The summed E-state index contributed by atoms with van der Waals surface area (Å²) in [4.78, 5) is 0. The van der Waals surface area contributed by atoms with Gasteiger partial charge in [-0.3, -0.25) is 0 Å². The highest BCUT2D eigenvalue weighted by Crippen LogP contribution is 2.42. The number of allylic oxidation sites excluding steroid dienone is 2. The maximum atomic E-state index is 9.58. The molecule has 0 bridgehead atoms. The van der Waals surface area contributed by atoms with Crippen molar-refractivity contribution >= 4 is 0 Å². The van der Waals surface area contributed by atoms with Crippen LogP contribution in [0.15, 0.2) is 11.1 Å². The highest BCUT2D eigenvalue weighted by Gasteiger charge is 2.30. The number of aliphatic hydroxyl groups is 1. The second-order valence-electron chi connectivity index (χ2n) is 5.76. The molecule has 0 aromatic carbocycles.